The van der Waals surface area contributed by atoms with E-state index in [1.54, 1.807) is 30.3 Å². The molecule has 1 amide bonds. The maximum absolute atomic E-state index is 13.5. The van der Waals surface area contributed by atoms with Crippen LogP contribution in [0.3, 0.4) is 0 Å². The zero-order chi connectivity index (χ0) is 25.8. The van der Waals surface area contributed by atoms with Gasteiger partial charge in [0.1, 0.15) is 5.75 Å². The quantitative estimate of drug-likeness (QED) is 0.493. The zero-order valence-electron chi connectivity index (χ0n) is 20.2. The molecule has 0 radical (unpaired) electrons. The molecule has 8 nitrogen and oxygen atoms in total. The molecule has 3 aromatic rings. The summed E-state index contributed by atoms with van der Waals surface area (Å²) in [6, 6.07) is 20.9. The molecule has 1 N–H and O–H groups in total. The predicted octanol–water partition coefficient (Wildman–Crippen LogP) is 3.44. The first-order chi connectivity index (χ1) is 17.9. The Morgan fingerprint density at radius 3 is 2.51 bits per heavy atom. The van der Waals surface area contributed by atoms with Gasteiger partial charge in [-0.15, -0.1) is 0 Å². The summed E-state index contributed by atoms with van der Waals surface area (Å²) in [5, 5.41) is 3.28. The van der Waals surface area contributed by atoms with Gasteiger partial charge < -0.3 is 14.8 Å². The molecule has 0 aromatic heterocycles. The van der Waals surface area contributed by atoms with Crippen molar-refractivity contribution in [3.05, 3.63) is 88.9 Å². The predicted molar refractivity (Wildman–Crippen MR) is 141 cm³/mol. The average molecular weight is 542 g/mol. The number of hydrogen-bond donors (Lipinski definition) is 1. The standard InChI is InChI=1S/C27H28ClN3O5S/c28-22-9-10-25-24(16-22)31(37(33,34)23-7-2-1-3-8-23)19-26(36-25)27(32)29-17-20-5-4-6-21(15-20)18-30-11-13-35-14-12-30/h1-10,15-16,26H,11-14,17-19H2,(H,29,32)/t26-/m0/s1. The molecule has 1 fully saturated rings. The van der Waals surface area contributed by atoms with E-state index in [2.05, 4.69) is 22.3 Å². The van der Waals surface area contributed by atoms with Crippen molar-refractivity contribution in [1.29, 1.82) is 0 Å². The van der Waals surface area contributed by atoms with Gasteiger partial charge >= 0.3 is 0 Å². The Balaban J connectivity index is 1.30. The third kappa shape index (κ3) is 5.91. The van der Waals surface area contributed by atoms with Crippen molar-refractivity contribution in [2.45, 2.75) is 24.1 Å². The van der Waals surface area contributed by atoms with E-state index in [4.69, 9.17) is 21.1 Å². The molecule has 2 aliphatic rings. The molecule has 0 bridgehead atoms. The monoisotopic (exact) mass is 541 g/mol. The van der Waals surface area contributed by atoms with E-state index in [9.17, 15) is 13.2 Å². The Labute approximate surface area is 221 Å². The number of nitrogens with zero attached hydrogens (tertiary/aromatic N) is 2. The number of anilines is 1. The molecular formula is C27H28ClN3O5S. The van der Waals surface area contributed by atoms with Crippen LogP contribution in [-0.4, -0.2) is 58.2 Å². The first-order valence-electron chi connectivity index (χ1n) is 12.1. The van der Waals surface area contributed by atoms with Crippen molar-refractivity contribution in [2.24, 2.45) is 0 Å². The van der Waals surface area contributed by atoms with Crippen LogP contribution in [0.2, 0.25) is 5.02 Å². The van der Waals surface area contributed by atoms with E-state index >= 15 is 0 Å². The lowest BCUT2D eigenvalue weighted by atomic mass is 10.1. The second-order valence-corrected chi connectivity index (χ2v) is 11.3. The lowest BCUT2D eigenvalue weighted by molar-refractivity contribution is -0.127. The summed E-state index contributed by atoms with van der Waals surface area (Å²) in [6.45, 7) is 4.22. The second-order valence-electron chi connectivity index (χ2n) is 8.99. The summed E-state index contributed by atoms with van der Waals surface area (Å²) < 4.78 is 39.5. The number of halogens is 1. The third-order valence-corrected chi connectivity index (χ3v) is 8.41. The first-order valence-corrected chi connectivity index (χ1v) is 13.9. The molecule has 1 saturated heterocycles. The van der Waals surface area contributed by atoms with Gasteiger partial charge in [-0.3, -0.25) is 14.0 Å². The smallest absolute Gasteiger partial charge is 0.264 e. The molecule has 0 aliphatic carbocycles. The molecule has 0 spiro atoms. The average Bonchev–Trinajstić information content (AvgIpc) is 2.92. The number of nitrogens with one attached hydrogen (secondary N) is 1. The molecule has 0 unspecified atom stereocenters. The fourth-order valence-electron chi connectivity index (χ4n) is 4.47. The Morgan fingerprint density at radius 2 is 1.73 bits per heavy atom. The van der Waals surface area contributed by atoms with Crippen LogP contribution in [0.4, 0.5) is 5.69 Å². The van der Waals surface area contributed by atoms with Gasteiger partial charge in [-0.2, -0.15) is 0 Å². The van der Waals surface area contributed by atoms with Crippen LogP contribution >= 0.6 is 11.6 Å². The highest BCUT2D eigenvalue weighted by atomic mass is 35.5. The van der Waals surface area contributed by atoms with Gasteiger partial charge in [-0.1, -0.05) is 54.1 Å². The van der Waals surface area contributed by atoms with Crippen LogP contribution < -0.4 is 14.4 Å². The summed E-state index contributed by atoms with van der Waals surface area (Å²) >= 11 is 6.16. The van der Waals surface area contributed by atoms with Crippen LogP contribution in [0.5, 0.6) is 5.75 Å². The highest BCUT2D eigenvalue weighted by Crippen LogP contribution is 2.38. The van der Waals surface area contributed by atoms with Gasteiger partial charge in [0.25, 0.3) is 15.9 Å². The molecular weight excluding hydrogens is 514 g/mol. The minimum Gasteiger partial charge on any atom is -0.476 e. The number of carbonyl (C=O) groups excluding carboxylic acids is 1. The normalized spacial score (nSPS) is 18.1. The number of fused-ring (bicyclic) bond motifs is 1. The minimum atomic E-state index is -3.94. The summed E-state index contributed by atoms with van der Waals surface area (Å²) in [5.41, 5.74) is 2.42. The Kier molecular flexibility index (Phi) is 7.66. The molecule has 37 heavy (non-hydrogen) atoms. The SMILES string of the molecule is O=C(NCc1cccc(CN2CCOCC2)c1)[C@@H]1CN(S(=O)(=O)c2ccccc2)c2cc(Cl)ccc2O1. The van der Waals surface area contributed by atoms with Crippen LogP contribution in [0, 0.1) is 0 Å². The number of hydrogen-bond acceptors (Lipinski definition) is 6. The van der Waals surface area contributed by atoms with E-state index in [1.165, 1.54) is 22.5 Å². The number of rotatable bonds is 7. The molecule has 10 heteroatoms. The highest BCUT2D eigenvalue weighted by Gasteiger charge is 2.37. The van der Waals surface area contributed by atoms with Crippen molar-refractivity contribution >= 4 is 33.2 Å². The minimum absolute atomic E-state index is 0.124. The van der Waals surface area contributed by atoms with E-state index in [0.29, 0.717) is 17.3 Å². The van der Waals surface area contributed by atoms with Gasteiger partial charge in [0.2, 0.25) is 0 Å². The third-order valence-electron chi connectivity index (χ3n) is 6.38. The Hall–Kier alpha value is -3.11. The van der Waals surface area contributed by atoms with Crippen LogP contribution in [0.15, 0.2) is 77.7 Å². The van der Waals surface area contributed by atoms with E-state index < -0.39 is 22.0 Å². The first kappa shape index (κ1) is 25.5. The fourth-order valence-corrected chi connectivity index (χ4v) is 6.12. The summed E-state index contributed by atoms with van der Waals surface area (Å²) in [6.07, 6.45) is -1.02. The maximum Gasteiger partial charge on any atom is 0.264 e. The zero-order valence-corrected chi connectivity index (χ0v) is 21.7. The van der Waals surface area contributed by atoms with Crippen LogP contribution in [0.25, 0.3) is 0 Å². The number of amides is 1. The van der Waals surface area contributed by atoms with Gasteiger partial charge in [0, 0.05) is 31.2 Å². The van der Waals surface area contributed by atoms with Crippen molar-refractivity contribution in [3.63, 3.8) is 0 Å². The summed E-state index contributed by atoms with van der Waals surface area (Å²) in [4.78, 5) is 15.6. The Bertz CT molecular complexity index is 1360. The van der Waals surface area contributed by atoms with Gasteiger partial charge in [0.15, 0.2) is 6.10 Å². The molecule has 3 aromatic carbocycles. The second kappa shape index (κ2) is 11.1. The molecule has 2 heterocycles. The molecule has 2 aliphatic heterocycles. The largest absolute Gasteiger partial charge is 0.476 e. The van der Waals surface area contributed by atoms with Crippen LogP contribution in [0.1, 0.15) is 11.1 Å². The Morgan fingerprint density at radius 1 is 0.973 bits per heavy atom. The summed E-state index contributed by atoms with van der Waals surface area (Å²) in [5.74, 6) is -0.116. The number of ether oxygens (including phenoxy) is 2. The van der Waals surface area contributed by atoms with Crippen molar-refractivity contribution in [3.8, 4) is 5.75 Å². The molecule has 194 valence electrons. The van der Waals surface area contributed by atoms with Gasteiger partial charge in [0.05, 0.1) is 30.3 Å². The lowest BCUT2D eigenvalue weighted by Crippen LogP contribution is -2.50. The van der Waals surface area contributed by atoms with E-state index in [-0.39, 0.29) is 17.2 Å². The van der Waals surface area contributed by atoms with Gasteiger partial charge in [-0.25, -0.2) is 8.42 Å². The lowest BCUT2D eigenvalue weighted by Gasteiger charge is -2.34. The van der Waals surface area contributed by atoms with Crippen molar-refractivity contribution in [1.82, 2.24) is 10.2 Å². The number of carbonyl (C=O) groups is 1. The van der Waals surface area contributed by atoms with Gasteiger partial charge in [-0.05, 0) is 41.5 Å². The van der Waals surface area contributed by atoms with E-state index in [1.807, 2.05) is 12.1 Å². The van der Waals surface area contributed by atoms with Crippen molar-refractivity contribution < 1.29 is 22.7 Å². The van der Waals surface area contributed by atoms with Crippen molar-refractivity contribution in [2.75, 3.05) is 37.2 Å². The molecule has 0 saturated carbocycles. The highest BCUT2D eigenvalue weighted by molar-refractivity contribution is 7.92. The number of morpholine rings is 1. The maximum atomic E-state index is 13.5. The number of benzene rings is 3. The number of sulfonamides is 1. The van der Waals surface area contributed by atoms with E-state index in [0.717, 1.165) is 44.0 Å². The topological polar surface area (TPSA) is 88.2 Å². The van der Waals surface area contributed by atoms with Crippen LogP contribution in [-0.2, 0) is 32.6 Å². The molecule has 5 rings (SSSR count). The fraction of sp³-hybridized carbons (Fsp3) is 0.296. The summed E-state index contributed by atoms with van der Waals surface area (Å²) in [7, 11) is -3.94. The molecule has 1 atom stereocenters.